The normalized spacial score (nSPS) is 13.1. The highest BCUT2D eigenvalue weighted by Crippen LogP contribution is 2.34. The molecule has 3 N–H and O–H groups in total. The first kappa shape index (κ1) is 19.2. The molecule has 0 spiro atoms. The van der Waals surface area contributed by atoms with Crippen LogP contribution < -0.4 is 21.5 Å². The Kier molecular flexibility index (Phi) is 5.12. The van der Waals surface area contributed by atoms with Crippen molar-refractivity contribution in [2.45, 2.75) is 6.42 Å². The number of amides is 1. The Morgan fingerprint density at radius 1 is 1.21 bits per heavy atom. The topological polar surface area (TPSA) is 106 Å². The Balaban J connectivity index is 1.75. The summed E-state index contributed by atoms with van der Waals surface area (Å²) >= 11 is 12.9. The first-order chi connectivity index (χ1) is 14.0. The standard InChI is InChI=1S/C19H16Cl2N6O2/c20-13-7-12(26-5-2-6-26)8-14(21)16(13)27-10-24-17(22)15(19(27)29)18(28)25-11-3-1-4-23-9-11/h1,3-4,7-10H,2,5-6,22H2,(H,25,28). The molecule has 0 saturated carbocycles. The van der Waals surface area contributed by atoms with E-state index in [1.54, 1.807) is 30.5 Å². The van der Waals surface area contributed by atoms with Gasteiger partial charge in [-0.3, -0.25) is 19.1 Å². The molecule has 0 atom stereocenters. The number of carbonyl (C=O) groups excluding carboxylic acids is 1. The molecule has 10 heteroatoms. The zero-order valence-electron chi connectivity index (χ0n) is 15.1. The lowest BCUT2D eigenvalue weighted by Gasteiger charge is -2.33. The number of nitrogens with two attached hydrogens (primary N) is 1. The number of aromatic nitrogens is 3. The second kappa shape index (κ2) is 7.73. The van der Waals surface area contributed by atoms with Crippen molar-refractivity contribution >= 4 is 46.3 Å². The monoisotopic (exact) mass is 430 g/mol. The number of benzene rings is 1. The molecule has 1 amide bonds. The summed E-state index contributed by atoms with van der Waals surface area (Å²) in [6.07, 6.45) is 5.32. The van der Waals surface area contributed by atoms with Crippen molar-refractivity contribution in [3.05, 3.63) is 68.9 Å². The van der Waals surface area contributed by atoms with Crippen molar-refractivity contribution in [2.75, 3.05) is 29.0 Å². The van der Waals surface area contributed by atoms with Crippen LogP contribution in [0.25, 0.3) is 5.69 Å². The number of halogens is 2. The fourth-order valence-corrected chi connectivity index (χ4v) is 3.67. The van der Waals surface area contributed by atoms with Crippen molar-refractivity contribution in [3.63, 3.8) is 0 Å². The van der Waals surface area contributed by atoms with Crippen LogP contribution in [0.5, 0.6) is 0 Å². The number of hydrogen-bond acceptors (Lipinski definition) is 6. The van der Waals surface area contributed by atoms with Crippen molar-refractivity contribution < 1.29 is 4.79 Å². The van der Waals surface area contributed by atoms with Gasteiger partial charge < -0.3 is 16.0 Å². The van der Waals surface area contributed by atoms with E-state index in [9.17, 15) is 9.59 Å². The summed E-state index contributed by atoms with van der Waals surface area (Å²) in [5, 5.41) is 3.12. The third-order valence-corrected chi connectivity index (χ3v) is 5.19. The fraction of sp³-hybridized carbons (Fsp3) is 0.158. The second-order valence-electron chi connectivity index (χ2n) is 6.47. The van der Waals surface area contributed by atoms with Crippen LogP contribution in [0.3, 0.4) is 0 Å². The molecule has 0 unspecified atom stereocenters. The van der Waals surface area contributed by atoms with Gasteiger partial charge in [0.1, 0.15) is 17.7 Å². The minimum atomic E-state index is -0.702. The van der Waals surface area contributed by atoms with Gasteiger partial charge in [-0.25, -0.2) is 4.98 Å². The molecule has 0 bridgehead atoms. The summed E-state index contributed by atoms with van der Waals surface area (Å²) in [6, 6.07) is 6.76. The van der Waals surface area contributed by atoms with E-state index in [0.29, 0.717) is 5.69 Å². The number of nitrogens with zero attached hydrogens (tertiary/aromatic N) is 4. The van der Waals surface area contributed by atoms with Gasteiger partial charge in [0, 0.05) is 25.0 Å². The average molecular weight is 431 g/mol. The van der Waals surface area contributed by atoms with Crippen LogP contribution in [0, 0.1) is 0 Å². The van der Waals surface area contributed by atoms with Crippen LogP contribution in [0.1, 0.15) is 16.8 Å². The molecule has 1 saturated heterocycles. The highest BCUT2D eigenvalue weighted by atomic mass is 35.5. The van der Waals surface area contributed by atoms with Gasteiger partial charge in [-0.2, -0.15) is 0 Å². The van der Waals surface area contributed by atoms with Gasteiger partial charge in [0.05, 0.1) is 27.6 Å². The Hall–Kier alpha value is -3.10. The number of anilines is 3. The van der Waals surface area contributed by atoms with Crippen molar-refractivity contribution in [1.82, 2.24) is 14.5 Å². The van der Waals surface area contributed by atoms with Gasteiger partial charge in [0.2, 0.25) is 0 Å². The number of pyridine rings is 1. The Bertz CT molecular complexity index is 1120. The molecular formula is C19H16Cl2N6O2. The van der Waals surface area contributed by atoms with E-state index in [1.165, 1.54) is 12.5 Å². The van der Waals surface area contributed by atoms with Gasteiger partial charge in [-0.15, -0.1) is 0 Å². The first-order valence-electron chi connectivity index (χ1n) is 8.78. The molecule has 4 rings (SSSR count). The predicted molar refractivity (Wildman–Crippen MR) is 113 cm³/mol. The van der Waals surface area contributed by atoms with Crippen LogP contribution in [-0.2, 0) is 0 Å². The quantitative estimate of drug-likeness (QED) is 0.658. The van der Waals surface area contributed by atoms with Gasteiger partial charge in [0.15, 0.2) is 0 Å². The minimum Gasteiger partial charge on any atom is -0.383 e. The zero-order chi connectivity index (χ0) is 20.5. The fourth-order valence-electron chi connectivity index (χ4n) is 3.01. The Morgan fingerprint density at radius 3 is 2.52 bits per heavy atom. The zero-order valence-corrected chi connectivity index (χ0v) is 16.6. The Morgan fingerprint density at radius 2 is 1.93 bits per heavy atom. The summed E-state index contributed by atoms with van der Waals surface area (Å²) in [5.74, 6) is -0.899. The van der Waals surface area contributed by atoms with Crippen LogP contribution in [0.4, 0.5) is 17.2 Å². The summed E-state index contributed by atoms with van der Waals surface area (Å²) in [6.45, 7) is 1.85. The molecule has 1 aliphatic heterocycles. The number of nitrogen functional groups attached to an aromatic ring is 1. The molecular weight excluding hydrogens is 415 g/mol. The third-order valence-electron chi connectivity index (χ3n) is 4.61. The van der Waals surface area contributed by atoms with Crippen LogP contribution in [0.15, 0.2) is 47.8 Å². The summed E-state index contributed by atoms with van der Waals surface area (Å²) in [4.78, 5) is 35.7. The van der Waals surface area contributed by atoms with Gasteiger partial charge in [-0.1, -0.05) is 23.2 Å². The highest BCUT2D eigenvalue weighted by Gasteiger charge is 2.23. The van der Waals surface area contributed by atoms with E-state index in [4.69, 9.17) is 28.9 Å². The number of carbonyl (C=O) groups is 1. The van der Waals surface area contributed by atoms with E-state index in [2.05, 4.69) is 20.2 Å². The SMILES string of the molecule is Nc1ncn(-c2c(Cl)cc(N3CCC3)cc2Cl)c(=O)c1C(=O)Nc1cccnc1. The summed E-state index contributed by atoms with van der Waals surface area (Å²) in [7, 11) is 0. The van der Waals surface area contributed by atoms with E-state index in [1.807, 2.05) is 0 Å². The molecule has 1 fully saturated rings. The lowest BCUT2D eigenvalue weighted by Crippen LogP contribution is -2.37. The minimum absolute atomic E-state index is 0.197. The summed E-state index contributed by atoms with van der Waals surface area (Å²) in [5.41, 5.74) is 6.36. The molecule has 3 aromatic rings. The maximum Gasteiger partial charge on any atom is 0.273 e. The number of hydrogen-bond donors (Lipinski definition) is 2. The molecule has 148 valence electrons. The number of nitrogens with one attached hydrogen (secondary N) is 1. The molecule has 8 nitrogen and oxygen atoms in total. The maximum absolute atomic E-state index is 13.1. The van der Waals surface area contributed by atoms with Crippen molar-refractivity contribution in [1.29, 1.82) is 0 Å². The Labute approximate surface area is 175 Å². The predicted octanol–water partition coefficient (Wildman–Crippen LogP) is 2.98. The smallest absolute Gasteiger partial charge is 0.273 e. The molecule has 0 aliphatic carbocycles. The van der Waals surface area contributed by atoms with E-state index >= 15 is 0 Å². The van der Waals surface area contributed by atoms with Crippen molar-refractivity contribution in [2.24, 2.45) is 0 Å². The van der Waals surface area contributed by atoms with Gasteiger partial charge in [0.25, 0.3) is 11.5 Å². The van der Waals surface area contributed by atoms with E-state index < -0.39 is 11.5 Å². The van der Waals surface area contributed by atoms with Crippen LogP contribution in [-0.4, -0.2) is 33.5 Å². The maximum atomic E-state index is 13.1. The van der Waals surface area contributed by atoms with Crippen molar-refractivity contribution in [3.8, 4) is 5.69 Å². The molecule has 3 heterocycles. The summed E-state index contributed by atoms with van der Waals surface area (Å²) < 4.78 is 1.12. The first-order valence-corrected chi connectivity index (χ1v) is 9.54. The second-order valence-corrected chi connectivity index (χ2v) is 7.29. The van der Waals surface area contributed by atoms with Gasteiger partial charge >= 0.3 is 0 Å². The third kappa shape index (κ3) is 3.64. The average Bonchev–Trinajstić information content (AvgIpc) is 2.62. The van der Waals surface area contributed by atoms with Gasteiger partial charge in [-0.05, 0) is 30.7 Å². The number of rotatable bonds is 4. The molecule has 1 aliphatic rings. The lowest BCUT2D eigenvalue weighted by molar-refractivity contribution is 0.102. The molecule has 1 aromatic carbocycles. The van der Waals surface area contributed by atoms with E-state index in [-0.39, 0.29) is 27.1 Å². The van der Waals surface area contributed by atoms with Crippen LogP contribution >= 0.6 is 23.2 Å². The van der Waals surface area contributed by atoms with Crippen LogP contribution in [0.2, 0.25) is 10.0 Å². The molecule has 0 radical (unpaired) electrons. The highest BCUT2D eigenvalue weighted by molar-refractivity contribution is 6.38. The largest absolute Gasteiger partial charge is 0.383 e. The lowest BCUT2D eigenvalue weighted by atomic mass is 10.1. The molecule has 2 aromatic heterocycles. The molecule has 29 heavy (non-hydrogen) atoms. The van der Waals surface area contributed by atoms with E-state index in [0.717, 1.165) is 29.8 Å².